The van der Waals surface area contributed by atoms with E-state index >= 15 is 0 Å². The molecular weight excluding hydrogens is 373 g/mol. The summed E-state index contributed by atoms with van der Waals surface area (Å²) >= 11 is 0. The van der Waals surface area contributed by atoms with E-state index in [4.69, 9.17) is 4.74 Å². The number of nitrogens with one attached hydrogen (secondary N) is 1. The van der Waals surface area contributed by atoms with Gasteiger partial charge in [0.05, 0.1) is 5.56 Å². The van der Waals surface area contributed by atoms with Gasteiger partial charge in [-0.25, -0.2) is 4.98 Å². The van der Waals surface area contributed by atoms with E-state index in [0.29, 0.717) is 18.7 Å². The maximum Gasteiger partial charge on any atom is 0.573 e. The summed E-state index contributed by atoms with van der Waals surface area (Å²) < 4.78 is 47.3. The zero-order valence-corrected chi connectivity index (χ0v) is 15.3. The average molecular weight is 394 g/mol. The van der Waals surface area contributed by atoms with E-state index in [9.17, 15) is 18.0 Å². The van der Waals surface area contributed by atoms with Gasteiger partial charge in [-0.15, -0.1) is 13.2 Å². The highest BCUT2D eigenvalue weighted by molar-refractivity contribution is 5.97. The molecule has 1 fully saturated rings. The molecule has 0 unspecified atom stereocenters. The SMILES string of the molecule is Cc1ccc(OC2CCC(NC(=O)c3ccccc3OC(F)(F)F)CC2)nc1. The fraction of sp³-hybridized carbons (Fsp3) is 0.400. The topological polar surface area (TPSA) is 60.5 Å². The second-order valence-corrected chi connectivity index (χ2v) is 6.78. The molecule has 8 heteroatoms. The summed E-state index contributed by atoms with van der Waals surface area (Å²) in [6.45, 7) is 1.95. The third kappa shape index (κ3) is 5.61. The molecule has 0 atom stereocenters. The fourth-order valence-corrected chi connectivity index (χ4v) is 3.15. The predicted molar refractivity (Wildman–Crippen MR) is 96.2 cm³/mol. The van der Waals surface area contributed by atoms with Crippen LogP contribution in [0.3, 0.4) is 0 Å². The van der Waals surface area contributed by atoms with Crippen LogP contribution in [0.4, 0.5) is 13.2 Å². The van der Waals surface area contributed by atoms with Crippen LogP contribution < -0.4 is 14.8 Å². The van der Waals surface area contributed by atoms with Crippen molar-refractivity contribution < 1.29 is 27.4 Å². The van der Waals surface area contributed by atoms with Crippen molar-refractivity contribution in [3.63, 3.8) is 0 Å². The summed E-state index contributed by atoms with van der Waals surface area (Å²) in [5.41, 5.74) is 0.913. The number of rotatable bonds is 5. The maximum absolute atomic E-state index is 12.5. The minimum absolute atomic E-state index is 0.00390. The van der Waals surface area contributed by atoms with Crippen LogP contribution in [0.15, 0.2) is 42.6 Å². The van der Waals surface area contributed by atoms with Crippen molar-refractivity contribution in [1.29, 1.82) is 0 Å². The number of hydrogen-bond donors (Lipinski definition) is 1. The smallest absolute Gasteiger partial charge is 0.474 e. The van der Waals surface area contributed by atoms with E-state index in [1.165, 1.54) is 18.2 Å². The first-order chi connectivity index (χ1) is 13.3. The summed E-state index contributed by atoms with van der Waals surface area (Å²) in [7, 11) is 0. The Labute approximate surface area is 160 Å². The van der Waals surface area contributed by atoms with Crippen LogP contribution >= 0.6 is 0 Å². The molecule has 1 amide bonds. The second-order valence-electron chi connectivity index (χ2n) is 6.78. The zero-order valence-electron chi connectivity index (χ0n) is 15.3. The van der Waals surface area contributed by atoms with Crippen molar-refractivity contribution >= 4 is 5.91 Å². The van der Waals surface area contributed by atoms with Gasteiger partial charge in [0.1, 0.15) is 11.9 Å². The van der Waals surface area contributed by atoms with E-state index in [0.717, 1.165) is 24.5 Å². The van der Waals surface area contributed by atoms with Crippen molar-refractivity contribution in [3.8, 4) is 11.6 Å². The van der Waals surface area contributed by atoms with Crippen LogP contribution in [0.1, 0.15) is 41.6 Å². The Morgan fingerprint density at radius 3 is 2.46 bits per heavy atom. The molecule has 1 aromatic carbocycles. The van der Waals surface area contributed by atoms with E-state index in [1.807, 2.05) is 19.1 Å². The lowest BCUT2D eigenvalue weighted by molar-refractivity contribution is -0.274. The summed E-state index contributed by atoms with van der Waals surface area (Å²) in [4.78, 5) is 16.6. The van der Waals surface area contributed by atoms with Gasteiger partial charge in [0.2, 0.25) is 5.88 Å². The van der Waals surface area contributed by atoms with Crippen LogP contribution in [0.5, 0.6) is 11.6 Å². The number of carbonyl (C=O) groups is 1. The van der Waals surface area contributed by atoms with Gasteiger partial charge < -0.3 is 14.8 Å². The molecule has 0 radical (unpaired) electrons. The first-order valence-corrected chi connectivity index (χ1v) is 9.05. The van der Waals surface area contributed by atoms with Crippen LogP contribution in [-0.4, -0.2) is 29.4 Å². The van der Waals surface area contributed by atoms with E-state index in [-0.39, 0.29) is 17.7 Å². The van der Waals surface area contributed by atoms with Crippen molar-refractivity contribution in [3.05, 3.63) is 53.7 Å². The van der Waals surface area contributed by atoms with E-state index in [2.05, 4.69) is 15.0 Å². The molecule has 5 nitrogen and oxygen atoms in total. The van der Waals surface area contributed by atoms with Gasteiger partial charge in [0.25, 0.3) is 5.91 Å². The lowest BCUT2D eigenvalue weighted by Crippen LogP contribution is -2.40. The van der Waals surface area contributed by atoms with Crippen molar-refractivity contribution in [2.75, 3.05) is 0 Å². The van der Waals surface area contributed by atoms with E-state index < -0.39 is 18.0 Å². The molecule has 3 rings (SSSR count). The van der Waals surface area contributed by atoms with Gasteiger partial charge in [-0.3, -0.25) is 4.79 Å². The molecule has 1 N–H and O–H groups in total. The highest BCUT2D eigenvalue weighted by Gasteiger charge is 2.33. The number of halogens is 3. The number of alkyl halides is 3. The number of carbonyl (C=O) groups excluding carboxylic acids is 1. The molecule has 1 aliphatic carbocycles. The molecule has 0 saturated heterocycles. The highest BCUT2D eigenvalue weighted by Crippen LogP contribution is 2.27. The number of amides is 1. The minimum Gasteiger partial charge on any atom is -0.474 e. The first-order valence-electron chi connectivity index (χ1n) is 9.05. The molecule has 150 valence electrons. The Balaban J connectivity index is 1.53. The normalized spacial score (nSPS) is 19.7. The van der Waals surface area contributed by atoms with Gasteiger partial charge in [0.15, 0.2) is 0 Å². The molecule has 1 aliphatic rings. The molecule has 2 aromatic rings. The molecule has 0 bridgehead atoms. The van der Waals surface area contributed by atoms with Crippen LogP contribution in [0, 0.1) is 6.92 Å². The summed E-state index contributed by atoms with van der Waals surface area (Å²) in [5.74, 6) is -0.518. The summed E-state index contributed by atoms with van der Waals surface area (Å²) in [5, 5.41) is 2.80. The number of pyridine rings is 1. The molecule has 1 saturated carbocycles. The molecule has 1 aromatic heterocycles. The third-order valence-electron chi connectivity index (χ3n) is 4.54. The van der Waals surface area contributed by atoms with Crippen molar-refractivity contribution in [2.24, 2.45) is 0 Å². The Bertz CT molecular complexity index is 801. The quantitative estimate of drug-likeness (QED) is 0.816. The standard InChI is InChI=1S/C20H21F3N2O3/c1-13-6-11-18(24-12-13)27-15-9-7-14(8-10-15)25-19(26)16-4-2-3-5-17(16)28-20(21,22)23/h2-6,11-12,14-15H,7-10H2,1H3,(H,25,26). The number of hydrogen-bond acceptors (Lipinski definition) is 4. The van der Waals surface area contributed by atoms with Crippen LogP contribution in [0.2, 0.25) is 0 Å². The Kier molecular flexibility index (Phi) is 6.06. The molecule has 1 heterocycles. The monoisotopic (exact) mass is 394 g/mol. The Morgan fingerprint density at radius 1 is 1.11 bits per heavy atom. The first kappa shape index (κ1) is 20.0. The number of ether oxygens (including phenoxy) is 2. The van der Waals surface area contributed by atoms with Crippen LogP contribution in [-0.2, 0) is 0 Å². The number of aromatic nitrogens is 1. The van der Waals surface area contributed by atoms with Crippen molar-refractivity contribution in [2.45, 2.75) is 51.1 Å². The maximum atomic E-state index is 12.5. The zero-order chi connectivity index (χ0) is 20.1. The lowest BCUT2D eigenvalue weighted by Gasteiger charge is -2.29. The number of aryl methyl sites for hydroxylation is 1. The Morgan fingerprint density at radius 2 is 1.82 bits per heavy atom. The van der Waals surface area contributed by atoms with Crippen LogP contribution in [0.25, 0.3) is 0 Å². The summed E-state index contributed by atoms with van der Waals surface area (Å²) in [6.07, 6.45) is -0.321. The fourth-order valence-electron chi connectivity index (χ4n) is 3.15. The third-order valence-corrected chi connectivity index (χ3v) is 4.54. The molecule has 28 heavy (non-hydrogen) atoms. The highest BCUT2D eigenvalue weighted by atomic mass is 19.4. The number of nitrogens with zero attached hydrogens (tertiary/aromatic N) is 1. The molecular formula is C20H21F3N2O3. The molecule has 0 spiro atoms. The number of para-hydroxylation sites is 1. The predicted octanol–water partition coefficient (Wildman–Crippen LogP) is 4.41. The van der Waals surface area contributed by atoms with Gasteiger partial charge in [-0.1, -0.05) is 18.2 Å². The minimum atomic E-state index is -4.85. The van der Waals surface area contributed by atoms with Gasteiger partial charge >= 0.3 is 6.36 Å². The Hall–Kier alpha value is -2.77. The molecule has 0 aliphatic heterocycles. The average Bonchev–Trinajstić information content (AvgIpc) is 2.64. The lowest BCUT2D eigenvalue weighted by atomic mass is 9.92. The second kappa shape index (κ2) is 8.50. The van der Waals surface area contributed by atoms with Gasteiger partial charge in [-0.05, 0) is 50.3 Å². The number of benzene rings is 1. The van der Waals surface area contributed by atoms with E-state index in [1.54, 1.807) is 6.20 Å². The summed E-state index contributed by atoms with van der Waals surface area (Å²) in [6, 6.07) is 8.94. The van der Waals surface area contributed by atoms with Gasteiger partial charge in [0, 0.05) is 18.3 Å². The largest absolute Gasteiger partial charge is 0.573 e. The van der Waals surface area contributed by atoms with Crippen molar-refractivity contribution in [1.82, 2.24) is 10.3 Å². The van der Waals surface area contributed by atoms with Gasteiger partial charge in [-0.2, -0.15) is 0 Å².